The lowest BCUT2D eigenvalue weighted by molar-refractivity contribution is -0.0551. The number of allylic oxidation sites excluding steroid dienone is 2. The summed E-state index contributed by atoms with van der Waals surface area (Å²) >= 11 is 0. The van der Waals surface area contributed by atoms with Gasteiger partial charge in [0.25, 0.3) is 0 Å². The van der Waals surface area contributed by atoms with E-state index < -0.39 is 61.0 Å². The first-order valence-corrected chi connectivity index (χ1v) is 8.93. The zero-order valence-corrected chi connectivity index (χ0v) is 13.8. The average molecular weight is 406 g/mol. The molecule has 24 heavy (non-hydrogen) atoms. The number of hydrogen-bond donors (Lipinski definition) is 0. The van der Waals surface area contributed by atoms with E-state index in [1.165, 1.54) is 13.8 Å². The molecule has 0 fully saturated rings. The van der Waals surface area contributed by atoms with Gasteiger partial charge in [-0.1, -0.05) is 13.8 Å². The number of hydrogen-bond acceptors (Lipinski definition) is 6. The van der Waals surface area contributed by atoms with E-state index in [9.17, 15) is 43.2 Å². The molecule has 0 heterocycles. The van der Waals surface area contributed by atoms with Crippen molar-refractivity contribution in [1.29, 1.82) is 0 Å². The Morgan fingerprint density at radius 3 is 1.58 bits per heavy atom. The molecule has 0 spiro atoms. The first kappa shape index (κ1) is 20.9. The SMILES string of the molecule is CC1(C)CCC(OS(=O)(=O)C(F)(F)F)=C(OS(=O)(=O)C(F)(F)F)C1. The Labute approximate surface area is 133 Å². The highest BCUT2D eigenvalue weighted by atomic mass is 32.2. The zero-order valence-electron chi connectivity index (χ0n) is 12.2. The largest absolute Gasteiger partial charge is 0.534 e. The van der Waals surface area contributed by atoms with Crippen molar-refractivity contribution in [3.8, 4) is 0 Å². The third kappa shape index (κ3) is 4.68. The topological polar surface area (TPSA) is 86.7 Å². The van der Waals surface area contributed by atoms with E-state index in [4.69, 9.17) is 0 Å². The predicted octanol–water partition coefficient (Wildman–Crippen LogP) is 3.14. The minimum atomic E-state index is -6.19. The fourth-order valence-electron chi connectivity index (χ4n) is 1.74. The van der Waals surface area contributed by atoms with Crippen LogP contribution >= 0.6 is 0 Å². The Morgan fingerprint density at radius 2 is 1.21 bits per heavy atom. The molecule has 0 saturated carbocycles. The molecule has 1 rings (SSSR count). The van der Waals surface area contributed by atoms with Gasteiger partial charge >= 0.3 is 31.3 Å². The van der Waals surface area contributed by atoms with E-state index in [1.54, 1.807) is 0 Å². The lowest BCUT2D eigenvalue weighted by Crippen LogP contribution is -2.31. The lowest BCUT2D eigenvalue weighted by Gasteiger charge is -2.31. The van der Waals surface area contributed by atoms with E-state index in [0.717, 1.165) is 0 Å². The molecule has 1 aliphatic rings. The summed E-state index contributed by atoms with van der Waals surface area (Å²) in [4.78, 5) is 0. The highest BCUT2D eigenvalue weighted by Crippen LogP contribution is 2.43. The lowest BCUT2D eigenvalue weighted by atomic mass is 9.79. The van der Waals surface area contributed by atoms with Crippen LogP contribution in [0.4, 0.5) is 26.3 Å². The van der Waals surface area contributed by atoms with Gasteiger partial charge in [-0.2, -0.15) is 43.2 Å². The second-order valence-corrected chi connectivity index (χ2v) is 8.73. The van der Waals surface area contributed by atoms with E-state index in [0.29, 0.717) is 0 Å². The molecule has 0 aliphatic heterocycles. The van der Waals surface area contributed by atoms with E-state index >= 15 is 0 Å². The van der Waals surface area contributed by atoms with Crippen molar-refractivity contribution in [2.45, 2.75) is 44.1 Å². The van der Waals surface area contributed by atoms with Gasteiger partial charge < -0.3 is 8.37 Å². The quantitative estimate of drug-likeness (QED) is 0.405. The Bertz CT molecular complexity index is 729. The second kappa shape index (κ2) is 5.97. The molecule has 0 bridgehead atoms. The summed E-state index contributed by atoms with van der Waals surface area (Å²) in [7, 11) is -12.4. The van der Waals surface area contributed by atoms with Gasteiger partial charge in [0, 0.05) is 12.8 Å². The maximum Gasteiger partial charge on any atom is 0.534 e. The Hall–Kier alpha value is -1.18. The van der Waals surface area contributed by atoms with E-state index in [-0.39, 0.29) is 6.42 Å². The summed E-state index contributed by atoms with van der Waals surface area (Å²) in [6.07, 6.45) is -1.08. The zero-order chi connectivity index (χ0) is 19.2. The van der Waals surface area contributed by atoms with Crippen LogP contribution in [0, 0.1) is 5.41 Å². The molecular formula is C10H12F6O6S2. The van der Waals surface area contributed by atoms with Crippen LogP contribution in [0.5, 0.6) is 0 Å². The van der Waals surface area contributed by atoms with E-state index in [2.05, 4.69) is 8.37 Å². The summed E-state index contributed by atoms with van der Waals surface area (Å²) in [5, 5.41) is 0. The molecule has 0 N–H and O–H groups in total. The molecule has 0 amide bonds. The minimum Gasteiger partial charge on any atom is -0.377 e. The van der Waals surface area contributed by atoms with Gasteiger partial charge in [-0.15, -0.1) is 0 Å². The van der Waals surface area contributed by atoms with Crippen molar-refractivity contribution in [3.63, 3.8) is 0 Å². The molecule has 0 radical (unpaired) electrons. The van der Waals surface area contributed by atoms with Crippen molar-refractivity contribution in [3.05, 3.63) is 11.5 Å². The summed E-state index contributed by atoms with van der Waals surface area (Å²) < 4.78 is 126. The molecule has 1 aliphatic carbocycles. The van der Waals surface area contributed by atoms with Gasteiger partial charge in [-0.3, -0.25) is 0 Å². The summed E-state index contributed by atoms with van der Waals surface area (Å²) in [5.74, 6) is -2.25. The van der Waals surface area contributed by atoms with Gasteiger partial charge in [0.05, 0.1) is 0 Å². The van der Waals surface area contributed by atoms with Crippen LogP contribution in [-0.4, -0.2) is 27.9 Å². The summed E-state index contributed by atoms with van der Waals surface area (Å²) in [6.45, 7) is 2.96. The smallest absolute Gasteiger partial charge is 0.377 e. The molecule has 0 aromatic rings. The Morgan fingerprint density at radius 1 is 0.833 bits per heavy atom. The molecule has 0 saturated heterocycles. The van der Waals surface area contributed by atoms with Crippen molar-refractivity contribution in [1.82, 2.24) is 0 Å². The fourth-order valence-corrected chi connectivity index (χ4v) is 2.78. The van der Waals surface area contributed by atoms with Crippen molar-refractivity contribution >= 4 is 20.2 Å². The van der Waals surface area contributed by atoms with Crippen LogP contribution in [0.2, 0.25) is 0 Å². The Kier molecular flexibility index (Phi) is 5.19. The van der Waals surface area contributed by atoms with Crippen LogP contribution in [0.3, 0.4) is 0 Å². The molecule has 0 aromatic carbocycles. The summed E-state index contributed by atoms with van der Waals surface area (Å²) in [5.41, 5.74) is -12.5. The van der Waals surface area contributed by atoms with Gasteiger partial charge in [-0.05, 0) is 11.8 Å². The molecule has 14 heteroatoms. The van der Waals surface area contributed by atoms with Gasteiger partial charge in [0.2, 0.25) is 0 Å². The van der Waals surface area contributed by atoms with Crippen molar-refractivity contribution < 1.29 is 51.5 Å². The highest BCUT2D eigenvalue weighted by molar-refractivity contribution is 7.88. The van der Waals surface area contributed by atoms with Crippen LogP contribution in [0.15, 0.2) is 11.5 Å². The fraction of sp³-hybridized carbons (Fsp3) is 0.800. The van der Waals surface area contributed by atoms with Crippen molar-refractivity contribution in [2.75, 3.05) is 0 Å². The maximum absolute atomic E-state index is 12.4. The highest BCUT2D eigenvalue weighted by Gasteiger charge is 2.52. The van der Waals surface area contributed by atoms with Crippen LogP contribution in [-0.2, 0) is 28.6 Å². The molecule has 0 unspecified atom stereocenters. The number of halogens is 6. The number of alkyl halides is 6. The molecular weight excluding hydrogens is 394 g/mol. The Balaban J connectivity index is 3.31. The average Bonchev–Trinajstić information content (AvgIpc) is 2.28. The van der Waals surface area contributed by atoms with Gasteiger partial charge in [0.15, 0.2) is 11.5 Å². The minimum absolute atomic E-state index is 0.0363. The molecule has 142 valence electrons. The standard InChI is InChI=1S/C10H12F6O6S2/c1-8(2)4-3-6(21-23(17,18)9(11,12)13)7(5-8)22-24(19,20)10(14,15)16/h3-5H2,1-2H3. The third-order valence-corrected chi connectivity index (χ3v) is 4.94. The third-order valence-electron chi connectivity index (χ3n) is 2.97. The molecule has 0 atom stereocenters. The normalized spacial score (nSPS) is 20.0. The molecule has 6 nitrogen and oxygen atoms in total. The number of rotatable bonds is 4. The van der Waals surface area contributed by atoms with E-state index in [1.807, 2.05) is 0 Å². The first-order chi connectivity index (χ1) is 10.4. The van der Waals surface area contributed by atoms with Gasteiger partial charge in [-0.25, -0.2) is 0 Å². The first-order valence-electron chi connectivity index (χ1n) is 6.11. The second-order valence-electron chi connectivity index (χ2n) is 5.65. The van der Waals surface area contributed by atoms with Gasteiger partial charge in [0.1, 0.15) is 0 Å². The molecule has 0 aromatic heterocycles. The maximum atomic E-state index is 12.4. The van der Waals surface area contributed by atoms with Crippen LogP contribution in [0.1, 0.15) is 33.1 Å². The predicted molar refractivity (Wildman–Crippen MR) is 66.8 cm³/mol. The van der Waals surface area contributed by atoms with Crippen molar-refractivity contribution in [2.24, 2.45) is 5.41 Å². The monoisotopic (exact) mass is 406 g/mol. The van der Waals surface area contributed by atoms with Crippen LogP contribution < -0.4 is 0 Å². The summed E-state index contributed by atoms with van der Waals surface area (Å²) in [6, 6.07) is 0. The van der Waals surface area contributed by atoms with Crippen LogP contribution in [0.25, 0.3) is 0 Å².